The van der Waals surface area contributed by atoms with Gasteiger partial charge in [-0.05, 0) is 31.0 Å². The van der Waals surface area contributed by atoms with E-state index < -0.39 is 5.41 Å². The SMILES string of the molecule is CC1(C(N)=O)CCN(Cc2ccc(CC(=O)NN)cc2)C1. The topological polar surface area (TPSA) is 101 Å². The van der Waals surface area contributed by atoms with Gasteiger partial charge in [0.15, 0.2) is 0 Å². The summed E-state index contributed by atoms with van der Waals surface area (Å²) in [5.74, 6) is 4.63. The van der Waals surface area contributed by atoms with Gasteiger partial charge in [-0.1, -0.05) is 24.3 Å². The number of hydrazine groups is 1. The van der Waals surface area contributed by atoms with Crippen molar-refractivity contribution in [1.82, 2.24) is 10.3 Å². The molecule has 2 amide bonds. The van der Waals surface area contributed by atoms with Gasteiger partial charge in [-0.15, -0.1) is 0 Å². The molecule has 1 atom stereocenters. The van der Waals surface area contributed by atoms with Crippen LogP contribution in [0.15, 0.2) is 24.3 Å². The average Bonchev–Trinajstić information content (AvgIpc) is 2.84. The number of rotatable bonds is 5. The molecular weight excluding hydrogens is 268 g/mol. The van der Waals surface area contributed by atoms with Crippen molar-refractivity contribution < 1.29 is 9.59 Å². The van der Waals surface area contributed by atoms with Crippen molar-refractivity contribution in [1.29, 1.82) is 0 Å². The Bertz CT molecular complexity index is 529. The fraction of sp³-hybridized carbons (Fsp3) is 0.467. The molecule has 6 nitrogen and oxygen atoms in total. The molecule has 0 bridgehead atoms. The van der Waals surface area contributed by atoms with Gasteiger partial charge in [0.25, 0.3) is 0 Å². The Morgan fingerprint density at radius 3 is 2.43 bits per heavy atom. The first kappa shape index (κ1) is 15.5. The van der Waals surface area contributed by atoms with Crippen LogP contribution in [0, 0.1) is 5.41 Å². The minimum Gasteiger partial charge on any atom is -0.369 e. The first-order valence-corrected chi connectivity index (χ1v) is 7.02. The highest BCUT2D eigenvalue weighted by Crippen LogP contribution is 2.30. The van der Waals surface area contributed by atoms with Crippen LogP contribution in [0.25, 0.3) is 0 Å². The van der Waals surface area contributed by atoms with E-state index >= 15 is 0 Å². The Morgan fingerprint density at radius 1 is 1.29 bits per heavy atom. The Balaban J connectivity index is 1.93. The molecule has 0 radical (unpaired) electrons. The summed E-state index contributed by atoms with van der Waals surface area (Å²) < 4.78 is 0. The Morgan fingerprint density at radius 2 is 1.90 bits per heavy atom. The molecule has 1 aromatic rings. The van der Waals surface area contributed by atoms with Gasteiger partial charge in [0.1, 0.15) is 0 Å². The van der Waals surface area contributed by atoms with Crippen molar-refractivity contribution in [2.24, 2.45) is 17.0 Å². The number of amides is 2. The molecule has 1 fully saturated rings. The molecule has 5 N–H and O–H groups in total. The van der Waals surface area contributed by atoms with Crippen LogP contribution < -0.4 is 17.0 Å². The lowest BCUT2D eigenvalue weighted by atomic mass is 9.89. The van der Waals surface area contributed by atoms with Gasteiger partial charge in [-0.3, -0.25) is 19.9 Å². The van der Waals surface area contributed by atoms with Crippen molar-refractivity contribution in [3.05, 3.63) is 35.4 Å². The first-order chi connectivity index (χ1) is 9.93. The lowest BCUT2D eigenvalue weighted by molar-refractivity contribution is -0.126. The molecule has 1 saturated heterocycles. The normalized spacial score (nSPS) is 22.2. The predicted octanol–water partition coefficient (Wildman–Crippen LogP) is -0.0837. The van der Waals surface area contributed by atoms with Crippen molar-refractivity contribution in [3.63, 3.8) is 0 Å². The van der Waals surface area contributed by atoms with E-state index in [1.807, 2.05) is 31.2 Å². The Kier molecular flexibility index (Phi) is 4.59. The van der Waals surface area contributed by atoms with Gasteiger partial charge < -0.3 is 5.73 Å². The summed E-state index contributed by atoms with van der Waals surface area (Å²) in [5.41, 5.74) is 9.23. The van der Waals surface area contributed by atoms with E-state index in [0.29, 0.717) is 6.54 Å². The van der Waals surface area contributed by atoms with Gasteiger partial charge in [0.05, 0.1) is 11.8 Å². The van der Waals surface area contributed by atoms with Crippen LogP contribution >= 0.6 is 0 Å². The standard InChI is InChI=1S/C15H22N4O2/c1-15(14(16)21)6-7-19(10-15)9-12-4-2-11(3-5-12)8-13(20)18-17/h2-5H,6-10,17H2,1H3,(H2,16,21)(H,18,20). The Hall–Kier alpha value is -1.92. The number of likely N-dealkylation sites (tertiary alicyclic amines) is 1. The van der Waals surface area contributed by atoms with E-state index in [2.05, 4.69) is 10.3 Å². The van der Waals surface area contributed by atoms with Crippen LogP contribution in [-0.4, -0.2) is 29.8 Å². The third-order valence-electron chi connectivity index (χ3n) is 4.10. The molecular formula is C15H22N4O2. The molecule has 21 heavy (non-hydrogen) atoms. The fourth-order valence-electron chi connectivity index (χ4n) is 2.65. The quantitative estimate of drug-likeness (QED) is 0.401. The molecule has 0 aliphatic carbocycles. The lowest BCUT2D eigenvalue weighted by Crippen LogP contribution is -2.36. The molecule has 2 rings (SSSR count). The van der Waals surface area contributed by atoms with Gasteiger partial charge in [0, 0.05) is 13.1 Å². The maximum Gasteiger partial charge on any atom is 0.238 e. The number of hydrogen-bond donors (Lipinski definition) is 3. The summed E-state index contributed by atoms with van der Waals surface area (Å²) in [7, 11) is 0. The van der Waals surface area contributed by atoms with Gasteiger partial charge in [-0.2, -0.15) is 0 Å². The summed E-state index contributed by atoms with van der Waals surface area (Å²) in [6, 6.07) is 7.85. The zero-order valence-electron chi connectivity index (χ0n) is 12.3. The smallest absolute Gasteiger partial charge is 0.238 e. The zero-order chi connectivity index (χ0) is 15.5. The second-order valence-corrected chi connectivity index (χ2v) is 5.95. The lowest BCUT2D eigenvalue weighted by Gasteiger charge is -2.21. The summed E-state index contributed by atoms with van der Waals surface area (Å²) in [4.78, 5) is 24.9. The summed E-state index contributed by atoms with van der Waals surface area (Å²) in [6.45, 7) is 4.27. The number of primary amides is 1. The zero-order valence-corrected chi connectivity index (χ0v) is 12.3. The molecule has 6 heteroatoms. The minimum absolute atomic E-state index is 0.209. The maximum atomic E-state index is 11.4. The molecule has 114 valence electrons. The van der Waals surface area contributed by atoms with Gasteiger partial charge in [-0.25, -0.2) is 5.84 Å². The van der Waals surface area contributed by atoms with Crippen LogP contribution in [0.4, 0.5) is 0 Å². The highest BCUT2D eigenvalue weighted by molar-refractivity contribution is 5.81. The van der Waals surface area contributed by atoms with E-state index in [0.717, 1.165) is 30.6 Å². The molecule has 1 aliphatic rings. The van der Waals surface area contributed by atoms with Crippen molar-refractivity contribution in [3.8, 4) is 0 Å². The molecule has 1 aromatic carbocycles. The van der Waals surface area contributed by atoms with E-state index in [1.54, 1.807) is 0 Å². The molecule has 0 spiro atoms. The second kappa shape index (κ2) is 6.24. The third kappa shape index (κ3) is 3.80. The van der Waals surface area contributed by atoms with Crippen molar-refractivity contribution in [2.75, 3.05) is 13.1 Å². The molecule has 0 saturated carbocycles. The van der Waals surface area contributed by atoms with Crippen LogP contribution in [0.3, 0.4) is 0 Å². The third-order valence-corrected chi connectivity index (χ3v) is 4.10. The van der Waals surface area contributed by atoms with Crippen LogP contribution in [0.2, 0.25) is 0 Å². The molecule has 1 aliphatic heterocycles. The number of benzene rings is 1. The first-order valence-electron chi connectivity index (χ1n) is 7.02. The number of carbonyl (C=O) groups is 2. The number of nitrogens with one attached hydrogen (secondary N) is 1. The molecule has 1 unspecified atom stereocenters. The van der Waals surface area contributed by atoms with E-state index in [1.165, 1.54) is 0 Å². The molecule has 1 heterocycles. The molecule has 0 aromatic heterocycles. The van der Waals surface area contributed by atoms with Crippen LogP contribution in [-0.2, 0) is 22.6 Å². The van der Waals surface area contributed by atoms with Crippen molar-refractivity contribution in [2.45, 2.75) is 26.3 Å². The van der Waals surface area contributed by atoms with E-state index in [4.69, 9.17) is 11.6 Å². The summed E-state index contributed by atoms with van der Waals surface area (Å²) in [5, 5.41) is 0. The van der Waals surface area contributed by atoms with Gasteiger partial charge in [0.2, 0.25) is 11.8 Å². The fourth-order valence-corrected chi connectivity index (χ4v) is 2.65. The van der Waals surface area contributed by atoms with E-state index in [9.17, 15) is 9.59 Å². The maximum absolute atomic E-state index is 11.4. The number of carbonyl (C=O) groups excluding carboxylic acids is 2. The summed E-state index contributed by atoms with van der Waals surface area (Å²) >= 11 is 0. The second-order valence-electron chi connectivity index (χ2n) is 5.95. The summed E-state index contributed by atoms with van der Waals surface area (Å²) in [6.07, 6.45) is 1.08. The van der Waals surface area contributed by atoms with E-state index in [-0.39, 0.29) is 18.2 Å². The highest BCUT2D eigenvalue weighted by Gasteiger charge is 2.38. The van der Waals surface area contributed by atoms with Crippen molar-refractivity contribution >= 4 is 11.8 Å². The van der Waals surface area contributed by atoms with Gasteiger partial charge >= 0.3 is 0 Å². The van der Waals surface area contributed by atoms with Crippen LogP contribution in [0.1, 0.15) is 24.5 Å². The number of nitrogens with zero attached hydrogens (tertiary/aromatic N) is 1. The number of nitrogens with two attached hydrogens (primary N) is 2. The largest absolute Gasteiger partial charge is 0.369 e. The predicted molar refractivity (Wildman–Crippen MR) is 79.7 cm³/mol. The van der Waals surface area contributed by atoms with Crippen LogP contribution in [0.5, 0.6) is 0 Å². The Labute approximate surface area is 124 Å². The monoisotopic (exact) mass is 290 g/mol. The highest BCUT2D eigenvalue weighted by atomic mass is 16.2. The number of hydrogen-bond acceptors (Lipinski definition) is 4. The average molecular weight is 290 g/mol. The minimum atomic E-state index is -0.418.